The van der Waals surface area contributed by atoms with Crippen LogP contribution in [0, 0.1) is 6.92 Å². The van der Waals surface area contributed by atoms with Crippen LogP contribution in [0.15, 0.2) is 51.5 Å². The van der Waals surface area contributed by atoms with Gasteiger partial charge in [-0.15, -0.1) is 11.3 Å². The number of rotatable bonds is 6. The van der Waals surface area contributed by atoms with Gasteiger partial charge >= 0.3 is 5.97 Å². The number of pyridine rings is 1. The van der Waals surface area contributed by atoms with Crippen LogP contribution < -0.4 is 5.56 Å². The molecule has 30 heavy (non-hydrogen) atoms. The largest absolute Gasteiger partial charge is 0.462 e. The van der Waals surface area contributed by atoms with Crippen molar-refractivity contribution in [3.63, 3.8) is 0 Å². The number of nitrogens with one attached hydrogen (secondary N) is 1. The molecule has 1 aromatic carbocycles. The smallest absolute Gasteiger partial charge is 0.339 e. The van der Waals surface area contributed by atoms with E-state index >= 15 is 0 Å². The van der Waals surface area contributed by atoms with Crippen molar-refractivity contribution in [1.29, 1.82) is 0 Å². The van der Waals surface area contributed by atoms with Crippen molar-refractivity contribution in [3.8, 4) is 11.3 Å². The third-order valence-corrected chi connectivity index (χ3v) is 8.48. The average molecular weight is 447 g/mol. The lowest BCUT2D eigenvalue weighted by atomic mass is 10.1. The summed E-state index contributed by atoms with van der Waals surface area (Å²) in [5, 5.41) is 1.96. The van der Waals surface area contributed by atoms with Crippen molar-refractivity contribution in [1.82, 2.24) is 9.97 Å². The molecule has 2 heterocycles. The van der Waals surface area contributed by atoms with E-state index in [1.54, 1.807) is 63.4 Å². The van der Waals surface area contributed by atoms with E-state index in [1.165, 1.54) is 6.07 Å². The molecule has 7 nitrogen and oxygen atoms in total. The highest BCUT2D eigenvalue weighted by Gasteiger charge is 2.40. The molecule has 0 unspecified atom stereocenters. The van der Waals surface area contributed by atoms with E-state index in [0.29, 0.717) is 16.4 Å². The van der Waals surface area contributed by atoms with Crippen LogP contribution in [-0.4, -0.2) is 31.0 Å². The number of sulfone groups is 1. The molecular formula is C21H22N2O5S2. The number of carbonyl (C=O) groups is 1. The van der Waals surface area contributed by atoms with Crippen LogP contribution in [-0.2, 0) is 19.3 Å². The number of ether oxygens (including phenoxy) is 1. The minimum atomic E-state index is -3.72. The van der Waals surface area contributed by atoms with E-state index in [-0.39, 0.29) is 22.6 Å². The summed E-state index contributed by atoms with van der Waals surface area (Å²) < 4.78 is 30.1. The fourth-order valence-electron chi connectivity index (χ4n) is 2.92. The van der Waals surface area contributed by atoms with Gasteiger partial charge in [-0.1, -0.05) is 18.2 Å². The highest BCUT2D eigenvalue weighted by Crippen LogP contribution is 2.37. The van der Waals surface area contributed by atoms with Crippen molar-refractivity contribution in [2.24, 2.45) is 0 Å². The normalized spacial score (nSPS) is 12.0. The molecule has 158 valence electrons. The second kappa shape index (κ2) is 8.16. The number of aryl methyl sites for hydroxylation is 1. The zero-order chi connectivity index (χ0) is 22.1. The Labute approximate surface area is 178 Å². The topological polar surface area (TPSA) is 106 Å². The van der Waals surface area contributed by atoms with Crippen molar-refractivity contribution in [2.75, 3.05) is 6.61 Å². The molecule has 9 heteroatoms. The lowest BCUT2D eigenvalue weighted by molar-refractivity contribution is 0.0525. The number of nitrogens with zero attached hydrogens (tertiary/aromatic N) is 1. The number of carbonyl (C=O) groups excluding carboxylic acids is 1. The lowest BCUT2D eigenvalue weighted by Crippen LogP contribution is -2.29. The SMILES string of the molecule is CCOC(=O)c1cc(-c2csc(C(C)(C)S(=O)(=O)c3ccccc3)n2)c(=O)[nH]c1C. The monoisotopic (exact) mass is 446 g/mol. The van der Waals surface area contributed by atoms with Crippen LogP contribution in [0.25, 0.3) is 11.3 Å². The first-order valence-corrected chi connectivity index (χ1v) is 11.6. The van der Waals surface area contributed by atoms with Gasteiger partial charge in [-0.2, -0.15) is 0 Å². The molecule has 0 saturated heterocycles. The number of H-pyrrole nitrogens is 1. The van der Waals surface area contributed by atoms with Gasteiger partial charge in [0.25, 0.3) is 5.56 Å². The van der Waals surface area contributed by atoms with E-state index in [9.17, 15) is 18.0 Å². The third-order valence-electron chi connectivity index (χ3n) is 4.75. The Morgan fingerprint density at radius 2 is 1.90 bits per heavy atom. The minimum absolute atomic E-state index is 0.180. The van der Waals surface area contributed by atoms with Gasteiger partial charge in [0, 0.05) is 11.1 Å². The fourth-order valence-corrected chi connectivity index (χ4v) is 5.61. The van der Waals surface area contributed by atoms with Crippen LogP contribution in [0.3, 0.4) is 0 Å². The number of hydrogen-bond donors (Lipinski definition) is 1. The highest BCUT2D eigenvalue weighted by molar-refractivity contribution is 7.92. The van der Waals surface area contributed by atoms with Gasteiger partial charge in [0.1, 0.15) is 9.75 Å². The van der Waals surface area contributed by atoms with Gasteiger partial charge in [0.15, 0.2) is 9.84 Å². The molecule has 3 aromatic rings. The molecule has 0 radical (unpaired) electrons. The first-order chi connectivity index (χ1) is 14.1. The number of thiazole rings is 1. The Bertz CT molecular complexity index is 1240. The van der Waals surface area contributed by atoms with Gasteiger partial charge in [0.05, 0.1) is 28.3 Å². The number of esters is 1. The van der Waals surface area contributed by atoms with Crippen molar-refractivity contribution in [2.45, 2.75) is 37.3 Å². The van der Waals surface area contributed by atoms with Gasteiger partial charge in [0.2, 0.25) is 0 Å². The Hall–Kier alpha value is -2.78. The first-order valence-electron chi connectivity index (χ1n) is 9.26. The van der Waals surface area contributed by atoms with Crippen LogP contribution in [0.5, 0.6) is 0 Å². The Balaban J connectivity index is 2.06. The van der Waals surface area contributed by atoms with Crippen molar-refractivity contribution in [3.05, 3.63) is 68.4 Å². The van der Waals surface area contributed by atoms with Crippen molar-refractivity contribution >= 4 is 27.1 Å². The standard InChI is InChI=1S/C21H22N2O5S2/c1-5-28-19(25)15-11-16(18(24)22-13(15)2)17-12-29-20(23-17)21(3,4)30(26,27)14-9-7-6-8-10-14/h6-12H,5H2,1-4H3,(H,22,24). The summed E-state index contributed by atoms with van der Waals surface area (Å²) in [4.78, 5) is 31.9. The predicted octanol–water partition coefficient (Wildman–Crippen LogP) is 3.69. The fraction of sp³-hybridized carbons (Fsp3) is 0.286. The third kappa shape index (κ3) is 3.82. The maximum absolute atomic E-state index is 13.2. The van der Waals surface area contributed by atoms with Crippen LogP contribution in [0.2, 0.25) is 0 Å². The van der Waals surface area contributed by atoms with Gasteiger partial charge < -0.3 is 9.72 Å². The molecule has 0 amide bonds. The van der Waals surface area contributed by atoms with E-state index in [0.717, 1.165) is 11.3 Å². The number of benzene rings is 1. The van der Waals surface area contributed by atoms with E-state index in [1.807, 2.05) is 0 Å². The van der Waals surface area contributed by atoms with E-state index in [2.05, 4.69) is 9.97 Å². The molecule has 0 aliphatic heterocycles. The van der Waals surface area contributed by atoms with E-state index in [4.69, 9.17) is 4.74 Å². The maximum atomic E-state index is 13.2. The molecule has 0 saturated carbocycles. The second-order valence-corrected chi connectivity index (χ2v) is 10.5. The van der Waals surface area contributed by atoms with Crippen LogP contribution in [0.4, 0.5) is 0 Å². The molecular weight excluding hydrogens is 424 g/mol. The number of aromatic nitrogens is 2. The summed E-state index contributed by atoms with van der Waals surface area (Å²) in [6.07, 6.45) is 0. The first kappa shape index (κ1) is 21.9. The summed E-state index contributed by atoms with van der Waals surface area (Å²) in [6.45, 7) is 6.68. The molecule has 3 rings (SSSR count). The van der Waals surface area contributed by atoms with E-state index < -0.39 is 26.1 Å². The summed E-state index contributed by atoms with van der Waals surface area (Å²) in [5.74, 6) is -0.546. The zero-order valence-electron chi connectivity index (χ0n) is 17.1. The van der Waals surface area contributed by atoms with Crippen LogP contribution in [0.1, 0.15) is 41.8 Å². The number of aromatic amines is 1. The molecule has 0 aliphatic rings. The Kier molecular flexibility index (Phi) is 5.96. The van der Waals surface area contributed by atoms with Gasteiger partial charge in [-0.3, -0.25) is 4.79 Å². The summed E-state index contributed by atoms with van der Waals surface area (Å²) in [7, 11) is -3.72. The lowest BCUT2D eigenvalue weighted by Gasteiger charge is -2.22. The molecule has 2 aromatic heterocycles. The Morgan fingerprint density at radius 3 is 2.53 bits per heavy atom. The number of hydrogen-bond acceptors (Lipinski definition) is 7. The minimum Gasteiger partial charge on any atom is -0.462 e. The molecule has 0 bridgehead atoms. The Morgan fingerprint density at radius 1 is 1.23 bits per heavy atom. The molecule has 1 N–H and O–H groups in total. The predicted molar refractivity (Wildman–Crippen MR) is 116 cm³/mol. The summed E-state index contributed by atoms with van der Waals surface area (Å²) in [5.41, 5.74) is 0.695. The average Bonchev–Trinajstić information content (AvgIpc) is 3.19. The maximum Gasteiger partial charge on any atom is 0.339 e. The molecule has 0 spiro atoms. The summed E-state index contributed by atoms with van der Waals surface area (Å²) in [6, 6.07) is 9.60. The second-order valence-electron chi connectivity index (χ2n) is 7.14. The van der Waals surface area contributed by atoms with Crippen LogP contribution >= 0.6 is 11.3 Å². The molecule has 0 aliphatic carbocycles. The molecule has 0 atom stereocenters. The van der Waals surface area contributed by atoms with Gasteiger partial charge in [-0.25, -0.2) is 18.2 Å². The zero-order valence-corrected chi connectivity index (χ0v) is 18.7. The highest BCUT2D eigenvalue weighted by atomic mass is 32.2. The quantitative estimate of drug-likeness (QED) is 0.579. The summed E-state index contributed by atoms with van der Waals surface area (Å²) >= 11 is 1.15. The van der Waals surface area contributed by atoms with Crippen molar-refractivity contribution < 1.29 is 17.9 Å². The van der Waals surface area contributed by atoms with Gasteiger partial charge in [-0.05, 0) is 45.9 Å². The molecule has 0 fully saturated rings.